The normalized spacial score (nSPS) is 38.0. The van der Waals surface area contributed by atoms with E-state index < -0.39 is 17.8 Å². The van der Waals surface area contributed by atoms with Crippen molar-refractivity contribution < 1.29 is 20.1 Å². The summed E-state index contributed by atoms with van der Waals surface area (Å²) in [6, 6.07) is 0. The van der Waals surface area contributed by atoms with Crippen LogP contribution in [0.2, 0.25) is 0 Å². The van der Waals surface area contributed by atoms with Crippen LogP contribution in [0, 0.1) is 17.3 Å². The standard InChI is InChI=1S/C27H44O4/c1-18-21(16-22(28)17-25(18)29)10-9-20-8-6-14-27(5)23(11-12-24(20)27)19(2)31-15-7-13-26(3,4)30/h9-10,19,22-25,28-30H,1,6-8,11-17H2,2-5H3/t19-,22-,23-,24+,25+,27-/m1/s1. The molecule has 31 heavy (non-hydrogen) atoms. The van der Waals surface area contributed by atoms with Crippen LogP contribution in [0.15, 0.2) is 35.5 Å². The molecule has 3 aliphatic rings. The maximum absolute atomic E-state index is 10.1. The van der Waals surface area contributed by atoms with Crippen molar-refractivity contribution in [3.8, 4) is 0 Å². The van der Waals surface area contributed by atoms with Crippen LogP contribution in [0.4, 0.5) is 0 Å². The van der Waals surface area contributed by atoms with Crippen LogP contribution in [-0.4, -0.2) is 45.8 Å². The molecule has 0 aliphatic heterocycles. The number of ether oxygens (including phenoxy) is 1. The summed E-state index contributed by atoms with van der Waals surface area (Å²) in [6.07, 6.45) is 12.1. The highest BCUT2D eigenvalue weighted by Crippen LogP contribution is 2.58. The first-order chi connectivity index (χ1) is 14.5. The van der Waals surface area contributed by atoms with Gasteiger partial charge < -0.3 is 20.1 Å². The molecule has 0 bridgehead atoms. The molecule has 0 saturated heterocycles. The van der Waals surface area contributed by atoms with Crippen LogP contribution in [-0.2, 0) is 4.74 Å². The molecule has 0 aromatic heterocycles. The molecular weight excluding hydrogens is 388 g/mol. The van der Waals surface area contributed by atoms with Crippen LogP contribution in [0.25, 0.3) is 0 Å². The second kappa shape index (κ2) is 9.91. The van der Waals surface area contributed by atoms with Crippen LogP contribution >= 0.6 is 0 Å². The molecule has 4 heteroatoms. The summed E-state index contributed by atoms with van der Waals surface area (Å²) in [5, 5.41) is 30.1. The molecule has 3 aliphatic carbocycles. The Morgan fingerprint density at radius 3 is 2.71 bits per heavy atom. The van der Waals surface area contributed by atoms with Gasteiger partial charge in [-0.25, -0.2) is 0 Å². The molecule has 0 unspecified atom stereocenters. The topological polar surface area (TPSA) is 69.9 Å². The first-order valence-electron chi connectivity index (χ1n) is 12.3. The number of fused-ring (bicyclic) bond motifs is 1. The third-order valence-electron chi connectivity index (χ3n) is 8.18. The van der Waals surface area contributed by atoms with E-state index in [1.54, 1.807) is 0 Å². The lowest BCUT2D eigenvalue weighted by molar-refractivity contribution is -0.0318. The molecule has 0 radical (unpaired) electrons. The number of aliphatic hydroxyl groups excluding tert-OH is 2. The summed E-state index contributed by atoms with van der Waals surface area (Å²) in [7, 11) is 0. The minimum absolute atomic E-state index is 0.234. The first-order valence-corrected chi connectivity index (χ1v) is 12.3. The molecule has 0 aromatic carbocycles. The van der Waals surface area contributed by atoms with E-state index in [0.29, 0.717) is 31.3 Å². The lowest BCUT2D eigenvalue weighted by Crippen LogP contribution is -2.38. The van der Waals surface area contributed by atoms with E-state index in [1.165, 1.54) is 31.3 Å². The largest absolute Gasteiger partial charge is 0.393 e. The van der Waals surface area contributed by atoms with Crippen LogP contribution in [0.5, 0.6) is 0 Å². The lowest BCUT2D eigenvalue weighted by Gasteiger charge is -2.44. The van der Waals surface area contributed by atoms with E-state index in [-0.39, 0.29) is 11.5 Å². The van der Waals surface area contributed by atoms with Gasteiger partial charge in [0.25, 0.3) is 0 Å². The Labute approximate surface area is 189 Å². The van der Waals surface area contributed by atoms with E-state index in [2.05, 4.69) is 32.6 Å². The second-order valence-corrected chi connectivity index (χ2v) is 11.2. The van der Waals surface area contributed by atoms with Crippen LogP contribution < -0.4 is 0 Å². The zero-order chi connectivity index (χ0) is 22.8. The highest BCUT2D eigenvalue weighted by atomic mass is 16.5. The molecule has 0 heterocycles. The molecule has 3 fully saturated rings. The highest BCUT2D eigenvalue weighted by Gasteiger charge is 2.51. The van der Waals surface area contributed by atoms with E-state index >= 15 is 0 Å². The molecule has 0 amide bonds. The summed E-state index contributed by atoms with van der Waals surface area (Å²) < 4.78 is 6.25. The molecule has 3 N–H and O–H groups in total. The van der Waals surface area contributed by atoms with E-state index in [9.17, 15) is 15.3 Å². The fourth-order valence-electron chi connectivity index (χ4n) is 6.41. The molecule has 0 spiro atoms. The van der Waals surface area contributed by atoms with Crippen molar-refractivity contribution in [1.29, 1.82) is 0 Å². The molecule has 176 valence electrons. The van der Waals surface area contributed by atoms with Gasteiger partial charge in [-0.15, -0.1) is 0 Å². The van der Waals surface area contributed by atoms with Crippen molar-refractivity contribution in [2.45, 2.75) is 109 Å². The Kier molecular flexibility index (Phi) is 7.89. The Balaban J connectivity index is 1.66. The average Bonchev–Trinajstić information content (AvgIpc) is 3.03. The SMILES string of the molecule is C=C1C(=CC=C2CCC[C@]3(C)[C@@H]([C@@H](C)OCCCC(C)(C)O)CC[C@@H]23)C[C@@H](O)C[C@@H]1O. The van der Waals surface area contributed by atoms with Crippen molar-refractivity contribution in [3.05, 3.63) is 35.5 Å². The van der Waals surface area contributed by atoms with E-state index in [4.69, 9.17) is 4.74 Å². The van der Waals surface area contributed by atoms with Gasteiger partial charge in [0.05, 0.1) is 23.9 Å². The Hall–Kier alpha value is -0.940. The Bertz CT molecular complexity index is 701. The minimum atomic E-state index is -0.629. The summed E-state index contributed by atoms with van der Waals surface area (Å²) in [5.41, 5.74) is 2.91. The zero-order valence-electron chi connectivity index (χ0n) is 20.1. The second-order valence-electron chi connectivity index (χ2n) is 11.2. The Morgan fingerprint density at radius 1 is 1.26 bits per heavy atom. The monoisotopic (exact) mass is 432 g/mol. The highest BCUT2D eigenvalue weighted by molar-refractivity contribution is 5.38. The number of hydrogen-bond donors (Lipinski definition) is 3. The molecule has 3 rings (SSSR count). The predicted octanol–water partition coefficient (Wildman–Crippen LogP) is 5.08. The molecule has 0 aromatic rings. The maximum atomic E-state index is 10.1. The van der Waals surface area contributed by atoms with Gasteiger partial charge in [-0.1, -0.05) is 31.2 Å². The minimum Gasteiger partial charge on any atom is -0.393 e. The van der Waals surface area contributed by atoms with Crippen LogP contribution in [0.1, 0.15) is 85.5 Å². The van der Waals surface area contributed by atoms with Gasteiger partial charge in [0, 0.05) is 13.0 Å². The Morgan fingerprint density at radius 2 is 2.00 bits per heavy atom. The van der Waals surface area contributed by atoms with Crippen molar-refractivity contribution in [1.82, 2.24) is 0 Å². The van der Waals surface area contributed by atoms with Gasteiger partial charge in [-0.05, 0) is 101 Å². The third kappa shape index (κ3) is 5.90. The molecular formula is C27H44O4. The number of rotatable bonds is 7. The van der Waals surface area contributed by atoms with Crippen molar-refractivity contribution in [2.24, 2.45) is 17.3 Å². The number of aliphatic hydroxyl groups is 3. The fraction of sp³-hybridized carbons (Fsp3) is 0.778. The van der Waals surface area contributed by atoms with Gasteiger partial charge in [0.15, 0.2) is 0 Å². The van der Waals surface area contributed by atoms with Gasteiger partial charge in [-0.3, -0.25) is 0 Å². The first kappa shape index (κ1) is 24.7. The summed E-state index contributed by atoms with van der Waals surface area (Å²) in [5.74, 6) is 1.14. The average molecular weight is 433 g/mol. The summed E-state index contributed by atoms with van der Waals surface area (Å²) >= 11 is 0. The van der Waals surface area contributed by atoms with E-state index in [1.807, 2.05) is 13.8 Å². The molecule has 6 atom stereocenters. The molecule has 4 nitrogen and oxygen atoms in total. The van der Waals surface area contributed by atoms with Gasteiger partial charge >= 0.3 is 0 Å². The van der Waals surface area contributed by atoms with Gasteiger partial charge in [-0.2, -0.15) is 0 Å². The van der Waals surface area contributed by atoms with Crippen molar-refractivity contribution >= 4 is 0 Å². The predicted molar refractivity (Wildman–Crippen MR) is 126 cm³/mol. The smallest absolute Gasteiger partial charge is 0.0811 e. The van der Waals surface area contributed by atoms with Crippen molar-refractivity contribution in [3.63, 3.8) is 0 Å². The van der Waals surface area contributed by atoms with E-state index in [0.717, 1.165) is 30.4 Å². The van der Waals surface area contributed by atoms with Crippen LogP contribution in [0.3, 0.4) is 0 Å². The number of hydrogen-bond acceptors (Lipinski definition) is 4. The third-order valence-corrected chi connectivity index (χ3v) is 8.18. The maximum Gasteiger partial charge on any atom is 0.0811 e. The lowest BCUT2D eigenvalue weighted by atomic mass is 9.62. The van der Waals surface area contributed by atoms with Gasteiger partial charge in [0.1, 0.15) is 0 Å². The zero-order valence-corrected chi connectivity index (χ0v) is 20.1. The fourth-order valence-corrected chi connectivity index (χ4v) is 6.41. The van der Waals surface area contributed by atoms with Crippen molar-refractivity contribution in [2.75, 3.05) is 6.61 Å². The summed E-state index contributed by atoms with van der Waals surface area (Å²) in [4.78, 5) is 0. The quantitative estimate of drug-likeness (QED) is 0.491. The number of allylic oxidation sites excluding steroid dienone is 3. The summed E-state index contributed by atoms with van der Waals surface area (Å²) in [6.45, 7) is 13.2. The van der Waals surface area contributed by atoms with Gasteiger partial charge in [0.2, 0.25) is 0 Å². The molecule has 3 saturated carbocycles.